The zero-order valence-electron chi connectivity index (χ0n) is 19.2. The van der Waals surface area contributed by atoms with Crippen LogP contribution < -0.4 is 10.6 Å². The lowest BCUT2D eigenvalue weighted by atomic mass is 9.88. The molecule has 5 rings (SSSR count). The fourth-order valence-corrected chi connectivity index (χ4v) is 5.22. The highest BCUT2D eigenvalue weighted by atomic mass is 16.5. The highest BCUT2D eigenvalue weighted by molar-refractivity contribution is 5.88. The highest BCUT2D eigenvalue weighted by Gasteiger charge is 2.45. The molecule has 2 aromatic carbocycles. The first-order valence-electron chi connectivity index (χ1n) is 11.9. The van der Waals surface area contributed by atoms with Crippen LogP contribution in [0.5, 0.6) is 0 Å². The standard InChI is InChI=1S/C27H28N2O6/c30-24(29-27(25(31)32)12-13-34-16-27)17-6-5-7-18(14-17)28-26(33)35-15-23-21-10-3-1-8-19(21)20-9-2-4-11-22(20)23/h1-5,7-11,17-18,23H,6,12-16H2,(H,28,33)(H,29,30)(H,31,32)/t17-,18-,27?/m1/s1. The normalized spacial score (nSPS) is 24.9. The first-order valence-corrected chi connectivity index (χ1v) is 11.9. The minimum absolute atomic E-state index is 0.0330. The molecule has 1 heterocycles. The van der Waals surface area contributed by atoms with E-state index in [1.165, 1.54) is 0 Å². The Morgan fingerprint density at radius 1 is 1.06 bits per heavy atom. The van der Waals surface area contributed by atoms with Crippen molar-refractivity contribution in [1.29, 1.82) is 0 Å². The molecule has 2 aliphatic carbocycles. The second kappa shape index (κ2) is 9.54. The number of carboxylic acids is 1. The van der Waals surface area contributed by atoms with Gasteiger partial charge in [-0.05, 0) is 35.1 Å². The van der Waals surface area contributed by atoms with Crippen LogP contribution in [0.25, 0.3) is 11.1 Å². The summed E-state index contributed by atoms with van der Waals surface area (Å²) in [5.74, 6) is -1.92. The van der Waals surface area contributed by atoms with Crippen LogP contribution in [0, 0.1) is 5.92 Å². The van der Waals surface area contributed by atoms with E-state index >= 15 is 0 Å². The number of carbonyl (C=O) groups excluding carboxylic acids is 2. The van der Waals surface area contributed by atoms with Gasteiger partial charge in [0.15, 0.2) is 5.54 Å². The number of nitrogens with one attached hydrogen (secondary N) is 2. The van der Waals surface area contributed by atoms with Gasteiger partial charge in [0.1, 0.15) is 6.61 Å². The maximum Gasteiger partial charge on any atom is 0.407 e. The number of benzene rings is 2. The number of alkyl carbamates (subject to hydrolysis) is 1. The van der Waals surface area contributed by atoms with E-state index in [9.17, 15) is 19.5 Å². The molecule has 0 saturated carbocycles. The Balaban J connectivity index is 1.17. The Morgan fingerprint density at radius 2 is 1.74 bits per heavy atom. The molecule has 0 spiro atoms. The molecule has 3 aliphatic rings. The van der Waals surface area contributed by atoms with Crippen LogP contribution >= 0.6 is 0 Å². The summed E-state index contributed by atoms with van der Waals surface area (Å²) < 4.78 is 10.8. The summed E-state index contributed by atoms with van der Waals surface area (Å²) in [5.41, 5.74) is 3.22. The molecule has 0 bridgehead atoms. The van der Waals surface area contributed by atoms with Crippen molar-refractivity contribution in [2.24, 2.45) is 5.92 Å². The zero-order valence-corrected chi connectivity index (χ0v) is 19.2. The minimum Gasteiger partial charge on any atom is -0.479 e. The first kappa shape index (κ1) is 23.1. The van der Waals surface area contributed by atoms with Gasteiger partial charge in [0.2, 0.25) is 5.91 Å². The van der Waals surface area contributed by atoms with E-state index in [1.807, 2.05) is 36.4 Å². The van der Waals surface area contributed by atoms with Crippen molar-refractivity contribution < 1.29 is 29.0 Å². The topological polar surface area (TPSA) is 114 Å². The number of hydrogen-bond acceptors (Lipinski definition) is 5. The fourth-order valence-electron chi connectivity index (χ4n) is 5.22. The van der Waals surface area contributed by atoms with Crippen molar-refractivity contribution in [3.8, 4) is 11.1 Å². The molecule has 182 valence electrons. The average molecular weight is 477 g/mol. The van der Waals surface area contributed by atoms with Gasteiger partial charge in [-0.25, -0.2) is 9.59 Å². The Kier molecular flexibility index (Phi) is 6.30. The molecule has 1 fully saturated rings. The molecule has 1 unspecified atom stereocenters. The lowest BCUT2D eigenvalue weighted by Gasteiger charge is -2.29. The van der Waals surface area contributed by atoms with E-state index in [4.69, 9.17) is 9.47 Å². The SMILES string of the molecule is O=C(N[C@@H]1C=CC[C@@H](C(=O)NC2(C(=O)O)CCOC2)C1)OCC1c2ccccc2-c2ccccc21. The number of allylic oxidation sites excluding steroid dienone is 1. The van der Waals surface area contributed by atoms with E-state index < -0.39 is 23.5 Å². The number of fused-ring (bicyclic) bond motifs is 3. The molecule has 2 amide bonds. The van der Waals surface area contributed by atoms with Gasteiger partial charge in [0, 0.05) is 24.9 Å². The van der Waals surface area contributed by atoms with Crippen LogP contribution in [0.4, 0.5) is 4.79 Å². The van der Waals surface area contributed by atoms with Crippen molar-refractivity contribution in [3.05, 3.63) is 71.8 Å². The predicted octanol–water partition coefficient (Wildman–Crippen LogP) is 3.22. The van der Waals surface area contributed by atoms with E-state index in [0.29, 0.717) is 19.4 Å². The maximum atomic E-state index is 12.8. The summed E-state index contributed by atoms with van der Waals surface area (Å²) in [6, 6.07) is 15.9. The molecule has 0 aromatic heterocycles. The Bertz CT molecular complexity index is 1120. The molecule has 3 N–H and O–H groups in total. The first-order chi connectivity index (χ1) is 17.0. The Morgan fingerprint density at radius 3 is 2.37 bits per heavy atom. The number of carboxylic acid groups (broad SMARTS) is 1. The number of ether oxygens (including phenoxy) is 2. The third kappa shape index (κ3) is 4.53. The number of aliphatic carboxylic acids is 1. The van der Waals surface area contributed by atoms with Gasteiger partial charge in [0.05, 0.1) is 12.6 Å². The van der Waals surface area contributed by atoms with Gasteiger partial charge in [-0.2, -0.15) is 0 Å². The molecule has 1 aliphatic heterocycles. The summed E-state index contributed by atoms with van der Waals surface area (Å²) in [4.78, 5) is 37.2. The highest BCUT2D eigenvalue weighted by Crippen LogP contribution is 2.44. The summed E-state index contributed by atoms with van der Waals surface area (Å²) in [6.45, 7) is 0.461. The Labute approximate surface area is 203 Å². The van der Waals surface area contributed by atoms with Crippen LogP contribution in [-0.4, -0.2) is 54.5 Å². The monoisotopic (exact) mass is 476 g/mol. The number of amides is 2. The maximum absolute atomic E-state index is 12.8. The lowest BCUT2D eigenvalue weighted by molar-refractivity contribution is -0.148. The van der Waals surface area contributed by atoms with Crippen molar-refractivity contribution in [1.82, 2.24) is 10.6 Å². The van der Waals surface area contributed by atoms with Gasteiger partial charge >= 0.3 is 12.1 Å². The number of hydrogen-bond donors (Lipinski definition) is 3. The minimum atomic E-state index is -1.38. The number of carbonyl (C=O) groups is 3. The summed E-state index contributed by atoms with van der Waals surface area (Å²) in [7, 11) is 0. The molecule has 2 aromatic rings. The fraction of sp³-hybridized carbons (Fsp3) is 0.370. The summed E-state index contributed by atoms with van der Waals surface area (Å²) in [6.07, 6.45) is 4.21. The molecule has 35 heavy (non-hydrogen) atoms. The molecule has 1 saturated heterocycles. The second-order valence-electron chi connectivity index (χ2n) is 9.35. The number of rotatable bonds is 6. The molecular weight excluding hydrogens is 448 g/mol. The van der Waals surface area contributed by atoms with E-state index in [1.54, 1.807) is 0 Å². The predicted molar refractivity (Wildman–Crippen MR) is 128 cm³/mol. The van der Waals surface area contributed by atoms with Crippen LogP contribution in [0.1, 0.15) is 36.3 Å². The van der Waals surface area contributed by atoms with Gasteiger partial charge < -0.3 is 25.2 Å². The zero-order chi connectivity index (χ0) is 24.4. The van der Waals surface area contributed by atoms with Crippen molar-refractivity contribution >= 4 is 18.0 Å². The van der Waals surface area contributed by atoms with Crippen molar-refractivity contribution in [3.63, 3.8) is 0 Å². The molecular formula is C27H28N2O6. The van der Waals surface area contributed by atoms with Gasteiger partial charge in [-0.15, -0.1) is 0 Å². The largest absolute Gasteiger partial charge is 0.479 e. The lowest BCUT2D eigenvalue weighted by Crippen LogP contribution is -2.57. The second-order valence-corrected chi connectivity index (χ2v) is 9.35. The smallest absolute Gasteiger partial charge is 0.407 e. The quantitative estimate of drug-likeness (QED) is 0.552. The Hall–Kier alpha value is -3.65. The summed E-state index contributed by atoms with van der Waals surface area (Å²) >= 11 is 0. The van der Waals surface area contributed by atoms with Crippen LogP contribution in [0.15, 0.2) is 60.7 Å². The summed E-state index contributed by atoms with van der Waals surface area (Å²) in [5, 5.41) is 15.1. The van der Waals surface area contributed by atoms with Crippen LogP contribution in [-0.2, 0) is 19.1 Å². The third-order valence-electron chi connectivity index (χ3n) is 7.14. The van der Waals surface area contributed by atoms with Gasteiger partial charge in [-0.1, -0.05) is 60.7 Å². The molecule has 3 atom stereocenters. The van der Waals surface area contributed by atoms with Gasteiger partial charge in [-0.3, -0.25) is 4.79 Å². The van der Waals surface area contributed by atoms with Gasteiger partial charge in [0.25, 0.3) is 0 Å². The average Bonchev–Trinajstić information content (AvgIpc) is 3.47. The molecule has 8 heteroatoms. The van der Waals surface area contributed by atoms with Crippen LogP contribution in [0.3, 0.4) is 0 Å². The third-order valence-corrected chi connectivity index (χ3v) is 7.14. The van der Waals surface area contributed by atoms with E-state index in [-0.39, 0.29) is 37.5 Å². The van der Waals surface area contributed by atoms with Crippen molar-refractivity contribution in [2.45, 2.75) is 36.8 Å². The van der Waals surface area contributed by atoms with E-state index in [2.05, 4.69) is 34.9 Å². The molecule has 8 nitrogen and oxygen atoms in total. The van der Waals surface area contributed by atoms with Crippen molar-refractivity contribution in [2.75, 3.05) is 19.8 Å². The van der Waals surface area contributed by atoms with Crippen LogP contribution in [0.2, 0.25) is 0 Å². The van der Waals surface area contributed by atoms with E-state index in [0.717, 1.165) is 22.3 Å². The molecule has 0 radical (unpaired) electrons.